The molecular weight excluding hydrogens is 420 g/mol. The number of nitrogens with one attached hydrogen (secondary N) is 1. The molecule has 33 heavy (non-hydrogen) atoms. The van der Waals surface area contributed by atoms with Crippen LogP contribution in [-0.4, -0.2) is 46.6 Å². The predicted octanol–water partition coefficient (Wildman–Crippen LogP) is 4.61. The Morgan fingerprint density at radius 1 is 1.24 bits per heavy atom. The van der Waals surface area contributed by atoms with Gasteiger partial charge in [-0.1, -0.05) is 13.8 Å². The van der Waals surface area contributed by atoms with Crippen LogP contribution in [0.1, 0.15) is 54.1 Å². The van der Waals surface area contributed by atoms with E-state index in [9.17, 15) is 14.9 Å². The van der Waals surface area contributed by atoms with Gasteiger partial charge in [0.25, 0.3) is 5.91 Å². The molecule has 1 aliphatic rings. The highest BCUT2D eigenvalue weighted by Crippen LogP contribution is 2.31. The number of fused-ring (bicyclic) bond motifs is 1. The third-order valence-corrected chi connectivity index (χ3v) is 6.10. The summed E-state index contributed by atoms with van der Waals surface area (Å²) in [4.78, 5) is 29.5. The number of hydrogen-bond donors (Lipinski definition) is 2. The first-order chi connectivity index (χ1) is 15.9. The number of carbonyl (C=O) groups is 2. The number of rotatable bonds is 5. The molecule has 2 aromatic carbocycles. The fraction of sp³-hybridized carbons (Fsp3) is 0.360. The molecule has 8 heteroatoms. The second-order valence-electron chi connectivity index (χ2n) is 8.70. The molecular formula is C25H26N4O4. The summed E-state index contributed by atoms with van der Waals surface area (Å²) in [7, 11) is 0. The summed E-state index contributed by atoms with van der Waals surface area (Å²) in [5, 5.41) is 21.3. The number of carboxylic acid groups (broad SMARTS) is 1. The zero-order valence-corrected chi connectivity index (χ0v) is 18.7. The Labute approximate surface area is 191 Å². The average Bonchev–Trinajstić information content (AvgIpc) is 3.26. The van der Waals surface area contributed by atoms with E-state index in [-0.39, 0.29) is 17.7 Å². The summed E-state index contributed by atoms with van der Waals surface area (Å²) in [5.74, 6) is 0.737. The van der Waals surface area contributed by atoms with Gasteiger partial charge in [0.15, 0.2) is 5.58 Å². The molecule has 0 atom stereocenters. The van der Waals surface area contributed by atoms with Crippen molar-refractivity contribution in [2.45, 2.75) is 32.6 Å². The van der Waals surface area contributed by atoms with Crippen LogP contribution in [0, 0.1) is 17.2 Å². The van der Waals surface area contributed by atoms with Gasteiger partial charge in [-0.15, -0.1) is 0 Å². The maximum atomic E-state index is 12.6. The Kier molecular flexibility index (Phi) is 6.31. The first-order valence-corrected chi connectivity index (χ1v) is 11.1. The minimum atomic E-state index is -0.887. The Hall–Kier alpha value is -3.86. The van der Waals surface area contributed by atoms with Crippen LogP contribution in [-0.2, 0) is 0 Å². The minimum Gasteiger partial charge on any atom is -0.465 e. The first kappa shape index (κ1) is 22.3. The van der Waals surface area contributed by atoms with E-state index >= 15 is 0 Å². The van der Waals surface area contributed by atoms with Gasteiger partial charge in [-0.3, -0.25) is 4.79 Å². The molecule has 4 rings (SSSR count). The number of piperidine rings is 1. The average molecular weight is 447 g/mol. The second-order valence-corrected chi connectivity index (χ2v) is 8.70. The Bertz CT molecular complexity index is 1220. The molecule has 2 heterocycles. The van der Waals surface area contributed by atoms with Gasteiger partial charge >= 0.3 is 6.09 Å². The highest BCUT2D eigenvalue weighted by atomic mass is 16.4. The lowest BCUT2D eigenvalue weighted by atomic mass is 9.97. The fourth-order valence-corrected chi connectivity index (χ4v) is 4.11. The lowest BCUT2D eigenvalue weighted by Crippen LogP contribution is -2.40. The van der Waals surface area contributed by atoms with Crippen molar-refractivity contribution in [1.82, 2.24) is 15.2 Å². The van der Waals surface area contributed by atoms with Crippen LogP contribution >= 0.6 is 0 Å². The van der Waals surface area contributed by atoms with Gasteiger partial charge in [-0.25, -0.2) is 9.78 Å². The number of carbonyl (C=O) groups excluding carboxylic acids is 1. The lowest BCUT2D eigenvalue weighted by molar-refractivity contribution is 0.0928. The molecule has 1 aromatic heterocycles. The van der Waals surface area contributed by atoms with Crippen molar-refractivity contribution in [2.75, 3.05) is 19.6 Å². The third-order valence-electron chi connectivity index (χ3n) is 6.10. The summed E-state index contributed by atoms with van der Waals surface area (Å²) in [6.45, 7) is 5.62. The SMILES string of the molecule is CC(C)c1cc(C#N)cc2nc(-c3ccc(C(=O)NCC4CCN(C(=O)O)CC4)cc3)oc12. The molecule has 1 aliphatic heterocycles. The standard InChI is InChI=1S/C25H26N4O4/c1-15(2)20-11-17(13-26)12-21-22(20)33-24(28-21)19-5-3-18(4-6-19)23(30)27-14-16-7-9-29(10-8-16)25(31)32/h3-6,11-12,15-16H,7-10,14H2,1-2H3,(H,27,30)(H,31,32). The van der Waals surface area contributed by atoms with E-state index in [4.69, 9.17) is 9.52 Å². The van der Waals surface area contributed by atoms with E-state index < -0.39 is 6.09 Å². The van der Waals surface area contributed by atoms with Gasteiger partial charge in [-0.2, -0.15) is 5.26 Å². The van der Waals surface area contributed by atoms with Crippen LogP contribution in [0.5, 0.6) is 0 Å². The summed E-state index contributed by atoms with van der Waals surface area (Å²) in [6.07, 6.45) is 0.604. The third kappa shape index (κ3) is 4.82. The van der Waals surface area contributed by atoms with Crippen LogP contribution in [0.4, 0.5) is 4.79 Å². The number of nitriles is 1. The van der Waals surface area contributed by atoms with Gasteiger partial charge in [0, 0.05) is 36.3 Å². The largest absolute Gasteiger partial charge is 0.465 e. The molecule has 2 amide bonds. The Morgan fingerprint density at radius 3 is 2.55 bits per heavy atom. The van der Waals surface area contributed by atoms with E-state index in [2.05, 4.69) is 16.4 Å². The highest BCUT2D eigenvalue weighted by molar-refractivity contribution is 5.94. The fourth-order valence-electron chi connectivity index (χ4n) is 4.11. The molecule has 1 saturated heterocycles. The second kappa shape index (κ2) is 9.33. The van der Waals surface area contributed by atoms with Crippen molar-refractivity contribution in [2.24, 2.45) is 5.92 Å². The molecule has 170 valence electrons. The normalized spacial score (nSPS) is 14.4. The molecule has 0 radical (unpaired) electrons. The molecule has 3 aromatic rings. The number of benzene rings is 2. The van der Waals surface area contributed by atoms with E-state index in [1.165, 1.54) is 4.90 Å². The summed E-state index contributed by atoms with van der Waals surface area (Å²) in [5.41, 5.74) is 4.09. The quantitative estimate of drug-likeness (QED) is 0.591. The molecule has 0 spiro atoms. The highest BCUT2D eigenvalue weighted by Gasteiger charge is 2.23. The number of oxazole rings is 1. The molecule has 8 nitrogen and oxygen atoms in total. The van der Waals surface area contributed by atoms with E-state index in [1.54, 1.807) is 30.3 Å². The predicted molar refractivity (Wildman–Crippen MR) is 123 cm³/mol. The van der Waals surface area contributed by atoms with Gasteiger partial charge in [0.1, 0.15) is 5.52 Å². The molecule has 0 unspecified atom stereocenters. The summed E-state index contributed by atoms with van der Waals surface area (Å²) >= 11 is 0. The lowest BCUT2D eigenvalue weighted by Gasteiger charge is -2.29. The van der Waals surface area contributed by atoms with Crippen molar-refractivity contribution < 1.29 is 19.1 Å². The number of aromatic nitrogens is 1. The summed E-state index contributed by atoms with van der Waals surface area (Å²) < 4.78 is 6.03. The molecule has 0 bridgehead atoms. The topological polar surface area (TPSA) is 119 Å². The zero-order valence-electron chi connectivity index (χ0n) is 18.7. The van der Waals surface area contributed by atoms with Crippen molar-refractivity contribution in [3.8, 4) is 17.5 Å². The van der Waals surface area contributed by atoms with Gasteiger partial charge in [-0.05, 0) is 61.1 Å². The molecule has 0 saturated carbocycles. The van der Waals surface area contributed by atoms with Crippen LogP contribution in [0.15, 0.2) is 40.8 Å². The summed E-state index contributed by atoms with van der Waals surface area (Å²) in [6, 6.07) is 12.8. The zero-order chi connectivity index (χ0) is 23.5. The Balaban J connectivity index is 1.43. The van der Waals surface area contributed by atoms with Crippen LogP contribution < -0.4 is 5.32 Å². The van der Waals surface area contributed by atoms with Crippen molar-refractivity contribution in [3.63, 3.8) is 0 Å². The monoisotopic (exact) mass is 446 g/mol. The van der Waals surface area contributed by atoms with E-state index in [0.29, 0.717) is 47.8 Å². The van der Waals surface area contributed by atoms with Crippen molar-refractivity contribution in [3.05, 3.63) is 53.1 Å². The number of likely N-dealkylation sites (tertiary alicyclic amines) is 1. The van der Waals surface area contributed by atoms with Crippen LogP contribution in [0.3, 0.4) is 0 Å². The number of amides is 2. The molecule has 0 aliphatic carbocycles. The minimum absolute atomic E-state index is 0.166. The smallest absolute Gasteiger partial charge is 0.407 e. The number of hydrogen-bond acceptors (Lipinski definition) is 5. The van der Waals surface area contributed by atoms with Gasteiger partial charge < -0.3 is 19.7 Å². The maximum absolute atomic E-state index is 12.6. The van der Waals surface area contributed by atoms with Crippen molar-refractivity contribution >= 4 is 23.1 Å². The van der Waals surface area contributed by atoms with Crippen molar-refractivity contribution in [1.29, 1.82) is 5.26 Å². The van der Waals surface area contributed by atoms with E-state index in [1.807, 2.05) is 19.9 Å². The van der Waals surface area contributed by atoms with Crippen LogP contribution in [0.25, 0.3) is 22.6 Å². The maximum Gasteiger partial charge on any atom is 0.407 e. The Morgan fingerprint density at radius 2 is 1.94 bits per heavy atom. The van der Waals surface area contributed by atoms with Gasteiger partial charge in [0.05, 0.1) is 11.6 Å². The molecule has 2 N–H and O–H groups in total. The first-order valence-electron chi connectivity index (χ1n) is 11.1. The molecule has 1 fully saturated rings. The van der Waals surface area contributed by atoms with Crippen LogP contribution in [0.2, 0.25) is 0 Å². The number of nitrogens with zero attached hydrogens (tertiary/aromatic N) is 3. The van der Waals surface area contributed by atoms with E-state index in [0.717, 1.165) is 24.0 Å². The van der Waals surface area contributed by atoms with Gasteiger partial charge in [0.2, 0.25) is 5.89 Å².